The summed E-state index contributed by atoms with van der Waals surface area (Å²) in [5.41, 5.74) is -2.67. The first-order valence-corrected chi connectivity index (χ1v) is 16.4. The number of carbonyl (C=O) groups is 3. The fourth-order valence-corrected chi connectivity index (χ4v) is 8.85. The highest BCUT2D eigenvalue weighted by Gasteiger charge is 2.81. The van der Waals surface area contributed by atoms with Gasteiger partial charge in [-0.1, -0.05) is 74.3 Å². The minimum atomic E-state index is -1.44. The summed E-state index contributed by atoms with van der Waals surface area (Å²) in [6, 6.07) is 2.15. The molecule has 0 radical (unpaired) electrons. The third-order valence-corrected chi connectivity index (χ3v) is 12.2. The van der Waals surface area contributed by atoms with E-state index in [1.807, 2.05) is 13.8 Å². The molecule has 1 saturated heterocycles. The summed E-state index contributed by atoms with van der Waals surface area (Å²) in [5.74, 6) is -0.196. The van der Waals surface area contributed by atoms with E-state index in [-0.39, 0.29) is 39.8 Å². The van der Waals surface area contributed by atoms with Gasteiger partial charge in [0.15, 0.2) is 11.6 Å². The molecule has 1 aliphatic heterocycles. The number of ether oxygens (including phenoxy) is 1. The standard InChI is InChI=1S/C36H59N3O4/c1-14-16-30(3,4)18-20-33(9,38-29(42)39(12)13)21-19-31(5,6)34(10)17-15-25-32(7,8)27(41)36(23-37)28(43-36)35(25,11)26(34)22-24(2)40/h22,25,28H,14-21H2,1-13H3,(H,38,42)/b26-22+/t25-,28+,33-,34+,35-,36-/m0/s1. The van der Waals surface area contributed by atoms with Gasteiger partial charge in [-0.3, -0.25) is 9.59 Å². The molecule has 0 unspecified atom stereocenters. The van der Waals surface area contributed by atoms with E-state index in [4.69, 9.17) is 4.74 Å². The first-order chi connectivity index (χ1) is 19.5. The van der Waals surface area contributed by atoms with E-state index in [2.05, 4.69) is 66.8 Å². The molecule has 0 aromatic carbocycles. The molecule has 6 atom stereocenters. The van der Waals surface area contributed by atoms with Crippen LogP contribution in [0.5, 0.6) is 0 Å². The summed E-state index contributed by atoms with van der Waals surface area (Å²) in [7, 11) is 3.55. The minimum Gasteiger partial charge on any atom is -0.342 e. The lowest BCUT2D eigenvalue weighted by molar-refractivity contribution is -0.142. The van der Waals surface area contributed by atoms with Crippen molar-refractivity contribution in [2.45, 2.75) is 145 Å². The quantitative estimate of drug-likeness (QED) is 0.195. The predicted octanol–water partition coefficient (Wildman–Crippen LogP) is 7.64. The molecule has 0 aromatic heterocycles. The maximum Gasteiger partial charge on any atom is 0.317 e. The van der Waals surface area contributed by atoms with Crippen LogP contribution in [0.15, 0.2) is 11.6 Å². The smallest absolute Gasteiger partial charge is 0.317 e. The van der Waals surface area contributed by atoms with Crippen molar-refractivity contribution in [1.82, 2.24) is 10.2 Å². The van der Waals surface area contributed by atoms with E-state index in [1.165, 1.54) is 0 Å². The second kappa shape index (κ2) is 11.3. The van der Waals surface area contributed by atoms with Crippen LogP contribution in [0.3, 0.4) is 0 Å². The molecule has 3 fully saturated rings. The van der Waals surface area contributed by atoms with Crippen molar-refractivity contribution in [3.63, 3.8) is 0 Å². The summed E-state index contributed by atoms with van der Waals surface area (Å²) in [6.45, 7) is 23.5. The lowest BCUT2D eigenvalue weighted by Gasteiger charge is -2.61. The fourth-order valence-electron chi connectivity index (χ4n) is 8.85. The maximum atomic E-state index is 13.6. The van der Waals surface area contributed by atoms with Crippen molar-refractivity contribution in [3.8, 4) is 6.07 Å². The van der Waals surface area contributed by atoms with Crippen molar-refractivity contribution >= 4 is 17.6 Å². The third kappa shape index (κ3) is 5.95. The van der Waals surface area contributed by atoms with Crippen LogP contribution in [0, 0.1) is 44.3 Å². The summed E-state index contributed by atoms with van der Waals surface area (Å²) in [4.78, 5) is 41.0. The topological polar surface area (TPSA) is 103 Å². The molecule has 0 aromatic rings. The van der Waals surface area contributed by atoms with Gasteiger partial charge in [-0.25, -0.2) is 4.79 Å². The number of ketones is 2. The Labute approximate surface area is 261 Å². The van der Waals surface area contributed by atoms with Crippen molar-refractivity contribution in [2.75, 3.05) is 14.1 Å². The molecular weight excluding hydrogens is 538 g/mol. The highest BCUT2D eigenvalue weighted by molar-refractivity contribution is 6.00. The number of nitriles is 1. The van der Waals surface area contributed by atoms with Gasteiger partial charge in [0.05, 0.1) is 0 Å². The maximum absolute atomic E-state index is 13.6. The molecule has 2 saturated carbocycles. The number of rotatable bonds is 11. The average Bonchev–Trinajstić information content (AvgIpc) is 3.65. The number of fused-ring (bicyclic) bond motifs is 3. The average molecular weight is 598 g/mol. The Morgan fingerprint density at radius 1 is 1.05 bits per heavy atom. The van der Waals surface area contributed by atoms with Gasteiger partial charge in [0.2, 0.25) is 5.60 Å². The monoisotopic (exact) mass is 597 g/mol. The number of hydrogen-bond donors (Lipinski definition) is 1. The van der Waals surface area contributed by atoms with Crippen molar-refractivity contribution in [2.24, 2.45) is 33.0 Å². The molecule has 3 rings (SSSR count). The largest absolute Gasteiger partial charge is 0.342 e. The molecule has 0 spiro atoms. The fraction of sp³-hybridized carbons (Fsp3) is 0.833. The van der Waals surface area contributed by atoms with Crippen LogP contribution in [-0.2, 0) is 14.3 Å². The molecule has 7 nitrogen and oxygen atoms in total. The zero-order chi connectivity index (χ0) is 33.0. The lowest BCUT2D eigenvalue weighted by atomic mass is 9.40. The summed E-state index contributed by atoms with van der Waals surface area (Å²) < 4.78 is 6.10. The second-order valence-corrected chi connectivity index (χ2v) is 17.0. The molecule has 242 valence electrons. The van der Waals surface area contributed by atoms with Crippen LogP contribution in [0.4, 0.5) is 4.79 Å². The van der Waals surface area contributed by atoms with E-state index in [9.17, 15) is 19.6 Å². The number of Topliss-reactive ketones (excluding diaryl/α,β-unsaturated/α-hetero) is 1. The summed E-state index contributed by atoms with van der Waals surface area (Å²) in [6.07, 6.45) is 8.65. The van der Waals surface area contributed by atoms with Crippen molar-refractivity contribution in [1.29, 1.82) is 5.26 Å². The number of allylic oxidation sites excluding steroid dienone is 1. The molecule has 1 N–H and O–H groups in total. The number of nitrogens with zero attached hydrogens (tertiary/aromatic N) is 2. The first kappa shape index (κ1) is 35.3. The summed E-state index contributed by atoms with van der Waals surface area (Å²) >= 11 is 0. The predicted molar refractivity (Wildman–Crippen MR) is 171 cm³/mol. The Morgan fingerprint density at radius 2 is 1.63 bits per heavy atom. The summed E-state index contributed by atoms with van der Waals surface area (Å²) in [5, 5.41) is 13.5. The van der Waals surface area contributed by atoms with Crippen LogP contribution < -0.4 is 5.32 Å². The van der Waals surface area contributed by atoms with Crippen LogP contribution in [-0.4, -0.2) is 53.8 Å². The zero-order valence-corrected chi connectivity index (χ0v) is 29.4. The Balaban J connectivity index is 2.01. The van der Waals surface area contributed by atoms with E-state index < -0.39 is 28.1 Å². The van der Waals surface area contributed by atoms with Gasteiger partial charge < -0.3 is 15.0 Å². The highest BCUT2D eigenvalue weighted by Crippen LogP contribution is 2.73. The van der Waals surface area contributed by atoms with Gasteiger partial charge in [-0.05, 0) is 87.0 Å². The number of nitrogens with one attached hydrogen (secondary N) is 1. The Morgan fingerprint density at radius 3 is 2.14 bits per heavy atom. The Kier molecular flexibility index (Phi) is 9.28. The van der Waals surface area contributed by atoms with E-state index >= 15 is 0 Å². The van der Waals surface area contributed by atoms with Gasteiger partial charge in [0.1, 0.15) is 12.2 Å². The number of epoxide rings is 1. The van der Waals surface area contributed by atoms with Gasteiger partial charge in [-0.15, -0.1) is 0 Å². The number of amides is 2. The van der Waals surface area contributed by atoms with E-state index in [0.717, 1.165) is 56.9 Å². The van der Waals surface area contributed by atoms with Gasteiger partial charge in [0.25, 0.3) is 0 Å². The second-order valence-electron chi connectivity index (χ2n) is 17.0. The number of urea groups is 1. The molecule has 2 amide bonds. The SMILES string of the molecule is CCCC(C)(C)CC[C@@](C)(CCC(C)(C)[C@]1(C)CC[C@H]2C(C)(C)C(=O)[C@]3(C#N)O[C@@H]3[C@]2(C)/C1=C/C(C)=O)NC(=O)N(C)C. The Bertz CT molecular complexity index is 1210. The number of hydrogen-bond acceptors (Lipinski definition) is 5. The molecular formula is C36H59N3O4. The molecule has 2 aliphatic carbocycles. The molecule has 43 heavy (non-hydrogen) atoms. The van der Waals surface area contributed by atoms with E-state index in [1.54, 1.807) is 32.0 Å². The van der Waals surface area contributed by atoms with E-state index in [0.29, 0.717) is 0 Å². The molecule has 0 bridgehead atoms. The number of carbonyl (C=O) groups excluding carboxylic acids is 3. The highest BCUT2D eigenvalue weighted by atomic mass is 16.6. The van der Waals surface area contributed by atoms with Crippen LogP contribution in [0.1, 0.15) is 128 Å². The third-order valence-electron chi connectivity index (χ3n) is 12.2. The molecule has 3 aliphatic rings. The first-order valence-electron chi connectivity index (χ1n) is 16.4. The van der Waals surface area contributed by atoms with Crippen molar-refractivity contribution < 1.29 is 19.1 Å². The molecule has 1 heterocycles. The normalized spacial score (nSPS) is 34.0. The van der Waals surface area contributed by atoms with Crippen molar-refractivity contribution in [3.05, 3.63) is 11.6 Å². The molecule has 7 heteroatoms. The van der Waals surface area contributed by atoms with Crippen LogP contribution in [0.25, 0.3) is 0 Å². The Hall–Kier alpha value is -2.20. The van der Waals surface area contributed by atoms with Gasteiger partial charge >= 0.3 is 6.03 Å². The zero-order valence-electron chi connectivity index (χ0n) is 29.4. The van der Waals surface area contributed by atoms with Crippen LogP contribution in [0.2, 0.25) is 0 Å². The lowest BCUT2D eigenvalue weighted by Crippen LogP contribution is -2.62. The van der Waals surface area contributed by atoms with Crippen LogP contribution >= 0.6 is 0 Å². The van der Waals surface area contributed by atoms with Gasteiger partial charge in [0, 0.05) is 30.5 Å². The minimum absolute atomic E-state index is 0.0296. The van der Waals surface area contributed by atoms with Gasteiger partial charge in [-0.2, -0.15) is 5.26 Å².